The quantitative estimate of drug-likeness (QED) is 0.649. The highest BCUT2D eigenvalue weighted by atomic mass is 35.5. The van der Waals surface area contributed by atoms with Crippen LogP contribution in [0, 0.1) is 15.5 Å². The number of nitrogens with one attached hydrogen (secondary N) is 1. The lowest BCUT2D eigenvalue weighted by atomic mass is 9.73. The second kappa shape index (κ2) is 5.37. The standard InChI is InChI=1S/C14H19ClN2O2/c1-14(2)8-4-3-5-13(14)16-11-7-6-10(15)9-12(11)17(18)19/h6-7,9,13,16H,3-5,8H2,1-2H3. The topological polar surface area (TPSA) is 55.2 Å². The minimum atomic E-state index is -0.385. The van der Waals surface area contributed by atoms with E-state index in [0.29, 0.717) is 10.7 Å². The van der Waals surface area contributed by atoms with Crippen molar-refractivity contribution in [2.75, 3.05) is 5.32 Å². The Morgan fingerprint density at radius 3 is 2.79 bits per heavy atom. The molecule has 1 aliphatic carbocycles. The first-order valence-corrected chi connectivity index (χ1v) is 6.98. The van der Waals surface area contributed by atoms with E-state index in [2.05, 4.69) is 19.2 Å². The predicted molar refractivity (Wildman–Crippen MR) is 77.8 cm³/mol. The van der Waals surface area contributed by atoms with Crippen LogP contribution in [0.2, 0.25) is 5.02 Å². The fourth-order valence-electron chi connectivity index (χ4n) is 2.73. The third-order valence-corrected chi connectivity index (χ3v) is 4.23. The van der Waals surface area contributed by atoms with Gasteiger partial charge >= 0.3 is 0 Å². The van der Waals surface area contributed by atoms with Gasteiger partial charge in [-0.3, -0.25) is 10.1 Å². The molecule has 19 heavy (non-hydrogen) atoms. The summed E-state index contributed by atoms with van der Waals surface area (Å²) in [6.45, 7) is 4.43. The SMILES string of the molecule is CC1(C)CCCCC1Nc1ccc(Cl)cc1[N+](=O)[O-]. The largest absolute Gasteiger partial charge is 0.376 e. The molecule has 0 aromatic heterocycles. The second-order valence-corrected chi connectivity index (χ2v) is 6.29. The van der Waals surface area contributed by atoms with Crippen molar-refractivity contribution in [1.82, 2.24) is 0 Å². The Morgan fingerprint density at radius 1 is 1.42 bits per heavy atom. The van der Waals surface area contributed by atoms with E-state index in [4.69, 9.17) is 11.6 Å². The van der Waals surface area contributed by atoms with Crippen LogP contribution in [0.25, 0.3) is 0 Å². The van der Waals surface area contributed by atoms with E-state index in [9.17, 15) is 10.1 Å². The third kappa shape index (κ3) is 3.18. The molecule has 0 radical (unpaired) electrons. The first-order chi connectivity index (χ1) is 8.90. The highest BCUT2D eigenvalue weighted by molar-refractivity contribution is 6.30. The van der Waals surface area contributed by atoms with Crippen LogP contribution in [0.4, 0.5) is 11.4 Å². The third-order valence-electron chi connectivity index (χ3n) is 3.99. The summed E-state index contributed by atoms with van der Waals surface area (Å²) in [4.78, 5) is 10.7. The fraction of sp³-hybridized carbons (Fsp3) is 0.571. The van der Waals surface area contributed by atoms with Crippen LogP contribution in [-0.2, 0) is 0 Å². The number of benzene rings is 1. The molecule has 0 heterocycles. The lowest BCUT2D eigenvalue weighted by Crippen LogP contribution is -2.39. The zero-order chi connectivity index (χ0) is 14.0. The molecular formula is C14H19ClN2O2. The van der Waals surface area contributed by atoms with Crippen LogP contribution in [0.3, 0.4) is 0 Å². The molecule has 1 aromatic rings. The summed E-state index contributed by atoms with van der Waals surface area (Å²) in [5.74, 6) is 0. The average Bonchev–Trinajstić information content (AvgIpc) is 2.33. The normalized spacial score (nSPS) is 21.9. The van der Waals surface area contributed by atoms with Crippen molar-refractivity contribution in [1.29, 1.82) is 0 Å². The Morgan fingerprint density at radius 2 is 2.16 bits per heavy atom. The Bertz CT molecular complexity index is 488. The van der Waals surface area contributed by atoms with Crippen molar-refractivity contribution >= 4 is 23.0 Å². The van der Waals surface area contributed by atoms with Gasteiger partial charge in [0.15, 0.2) is 0 Å². The van der Waals surface area contributed by atoms with Crippen LogP contribution < -0.4 is 5.32 Å². The Labute approximate surface area is 118 Å². The van der Waals surface area contributed by atoms with Crippen LogP contribution >= 0.6 is 11.6 Å². The first kappa shape index (κ1) is 14.1. The lowest BCUT2D eigenvalue weighted by molar-refractivity contribution is -0.384. The van der Waals surface area contributed by atoms with E-state index >= 15 is 0 Å². The van der Waals surface area contributed by atoms with Gasteiger partial charge in [0.1, 0.15) is 5.69 Å². The van der Waals surface area contributed by atoms with Gasteiger partial charge in [-0.1, -0.05) is 38.3 Å². The number of nitro benzene ring substituents is 1. The van der Waals surface area contributed by atoms with Crippen LogP contribution in [-0.4, -0.2) is 11.0 Å². The fourth-order valence-corrected chi connectivity index (χ4v) is 2.89. The van der Waals surface area contributed by atoms with E-state index in [1.807, 2.05) is 0 Å². The molecule has 0 amide bonds. The Kier molecular flexibility index (Phi) is 3.99. The maximum absolute atomic E-state index is 11.1. The van der Waals surface area contributed by atoms with E-state index in [1.165, 1.54) is 18.9 Å². The van der Waals surface area contributed by atoms with Crippen molar-refractivity contribution in [2.24, 2.45) is 5.41 Å². The van der Waals surface area contributed by atoms with Gasteiger partial charge < -0.3 is 5.32 Å². The van der Waals surface area contributed by atoms with Crippen molar-refractivity contribution in [3.63, 3.8) is 0 Å². The van der Waals surface area contributed by atoms with Gasteiger partial charge in [0, 0.05) is 17.1 Å². The molecular weight excluding hydrogens is 264 g/mol. The maximum atomic E-state index is 11.1. The molecule has 1 aromatic carbocycles. The molecule has 1 saturated carbocycles. The molecule has 1 fully saturated rings. The second-order valence-electron chi connectivity index (χ2n) is 5.85. The first-order valence-electron chi connectivity index (χ1n) is 6.60. The molecule has 0 aliphatic heterocycles. The van der Waals surface area contributed by atoms with Gasteiger partial charge in [-0.15, -0.1) is 0 Å². The smallest absolute Gasteiger partial charge is 0.293 e. The zero-order valence-electron chi connectivity index (χ0n) is 11.3. The number of nitrogens with zero attached hydrogens (tertiary/aromatic N) is 1. The van der Waals surface area contributed by atoms with Gasteiger partial charge in [0.05, 0.1) is 4.92 Å². The zero-order valence-corrected chi connectivity index (χ0v) is 12.0. The van der Waals surface area contributed by atoms with Crippen molar-refractivity contribution in [2.45, 2.75) is 45.6 Å². The lowest BCUT2D eigenvalue weighted by Gasteiger charge is -2.39. The molecule has 0 bridgehead atoms. The number of nitro groups is 1. The Hall–Kier alpha value is -1.29. The number of halogens is 1. The molecule has 4 nitrogen and oxygen atoms in total. The summed E-state index contributed by atoms with van der Waals surface area (Å²) in [7, 11) is 0. The monoisotopic (exact) mass is 282 g/mol. The average molecular weight is 283 g/mol. The minimum absolute atomic E-state index is 0.0499. The Balaban J connectivity index is 2.25. The van der Waals surface area contributed by atoms with E-state index in [1.54, 1.807) is 12.1 Å². The van der Waals surface area contributed by atoms with Gasteiger partial charge in [0.25, 0.3) is 5.69 Å². The highest BCUT2D eigenvalue weighted by Crippen LogP contribution is 2.39. The number of rotatable bonds is 3. The number of anilines is 1. The number of hydrogen-bond acceptors (Lipinski definition) is 3. The molecule has 104 valence electrons. The van der Waals surface area contributed by atoms with Crippen molar-refractivity contribution in [3.8, 4) is 0 Å². The molecule has 1 N–H and O–H groups in total. The van der Waals surface area contributed by atoms with Gasteiger partial charge in [-0.25, -0.2) is 0 Å². The molecule has 2 rings (SSSR count). The molecule has 0 saturated heterocycles. The van der Waals surface area contributed by atoms with E-state index in [-0.39, 0.29) is 22.1 Å². The van der Waals surface area contributed by atoms with Gasteiger partial charge in [-0.2, -0.15) is 0 Å². The molecule has 1 unspecified atom stereocenters. The van der Waals surface area contributed by atoms with Crippen molar-refractivity contribution in [3.05, 3.63) is 33.3 Å². The summed E-state index contributed by atoms with van der Waals surface area (Å²) in [5, 5.41) is 14.8. The summed E-state index contributed by atoms with van der Waals surface area (Å²) >= 11 is 5.83. The van der Waals surface area contributed by atoms with Crippen molar-refractivity contribution < 1.29 is 4.92 Å². The maximum Gasteiger partial charge on any atom is 0.293 e. The van der Waals surface area contributed by atoms with Gasteiger partial charge in [-0.05, 0) is 30.4 Å². The summed E-state index contributed by atoms with van der Waals surface area (Å²) in [6.07, 6.45) is 4.59. The number of hydrogen-bond donors (Lipinski definition) is 1. The minimum Gasteiger partial charge on any atom is -0.376 e. The predicted octanol–water partition coefficient (Wildman–Crippen LogP) is 4.63. The van der Waals surface area contributed by atoms with Crippen LogP contribution in [0.5, 0.6) is 0 Å². The molecule has 0 spiro atoms. The van der Waals surface area contributed by atoms with E-state index < -0.39 is 0 Å². The van der Waals surface area contributed by atoms with Crippen LogP contribution in [0.1, 0.15) is 39.5 Å². The summed E-state index contributed by atoms with van der Waals surface area (Å²) < 4.78 is 0. The van der Waals surface area contributed by atoms with Crippen LogP contribution in [0.15, 0.2) is 18.2 Å². The van der Waals surface area contributed by atoms with E-state index in [0.717, 1.165) is 12.8 Å². The van der Waals surface area contributed by atoms with Gasteiger partial charge in [0.2, 0.25) is 0 Å². The molecule has 5 heteroatoms. The molecule has 1 atom stereocenters. The summed E-state index contributed by atoms with van der Waals surface area (Å²) in [6, 6.07) is 5.05. The summed E-state index contributed by atoms with van der Waals surface area (Å²) in [5.41, 5.74) is 0.773. The highest BCUT2D eigenvalue weighted by Gasteiger charge is 2.33. The molecule has 1 aliphatic rings.